The monoisotopic (exact) mass is 483 g/mol. The van der Waals surface area contributed by atoms with E-state index in [4.69, 9.17) is 18.9 Å². The Bertz CT molecular complexity index is 1190. The number of fused-ring (bicyclic) bond motifs is 1. The number of aromatic nitrogens is 1. The lowest BCUT2D eigenvalue weighted by atomic mass is 9.99. The van der Waals surface area contributed by atoms with Crippen molar-refractivity contribution in [1.82, 2.24) is 4.57 Å². The van der Waals surface area contributed by atoms with E-state index in [1.54, 1.807) is 22.9 Å². The largest absolute Gasteiger partial charge is 0.473 e. The lowest BCUT2D eigenvalue weighted by Gasteiger charge is -2.49. The molecule has 0 bridgehead atoms. The summed E-state index contributed by atoms with van der Waals surface area (Å²) in [6.45, 7) is 3.81. The van der Waals surface area contributed by atoms with E-state index < -0.39 is 41.3 Å². The van der Waals surface area contributed by atoms with Gasteiger partial charge < -0.3 is 23.5 Å². The molecule has 0 radical (unpaired) electrons. The van der Waals surface area contributed by atoms with E-state index in [0.29, 0.717) is 5.75 Å². The number of para-hydroxylation sites is 2. The normalized spacial score (nSPS) is 24.3. The first kappa shape index (κ1) is 23.7. The van der Waals surface area contributed by atoms with Crippen molar-refractivity contribution >= 4 is 40.6 Å². The average molecular weight is 484 g/mol. The standard InChI is InChI=1S/C25H25NO7S/c1-16(27)30-22-15-34-24(32-20-10-5-4-6-11-20)25(33-18(3)29,23(22)31-17(2)28)26-14-13-19-9-7-8-12-21(19)26/h4-14,22-24H,15H2,1-3H3/t22-,23+,24-,25-/m1/s1. The number of carbonyl (C=O) groups excluding carboxylic acids is 3. The summed E-state index contributed by atoms with van der Waals surface area (Å²) in [5, 5.41) is 0.883. The molecule has 1 fully saturated rings. The van der Waals surface area contributed by atoms with Gasteiger partial charge in [0.15, 0.2) is 6.10 Å². The van der Waals surface area contributed by atoms with E-state index in [2.05, 4.69) is 0 Å². The summed E-state index contributed by atoms with van der Waals surface area (Å²) in [4.78, 5) is 36.7. The van der Waals surface area contributed by atoms with Crippen molar-refractivity contribution in [2.24, 2.45) is 0 Å². The van der Waals surface area contributed by atoms with Crippen molar-refractivity contribution in [3.8, 4) is 5.75 Å². The molecule has 1 aliphatic rings. The van der Waals surface area contributed by atoms with Crippen LogP contribution in [-0.4, -0.2) is 45.9 Å². The zero-order valence-electron chi connectivity index (χ0n) is 19.0. The molecule has 0 N–H and O–H groups in total. The Kier molecular flexibility index (Phi) is 6.83. The predicted molar refractivity (Wildman–Crippen MR) is 126 cm³/mol. The minimum atomic E-state index is -1.68. The molecule has 34 heavy (non-hydrogen) atoms. The molecule has 0 spiro atoms. The Morgan fingerprint density at radius 1 is 0.882 bits per heavy atom. The zero-order chi connectivity index (χ0) is 24.3. The number of benzene rings is 2. The Morgan fingerprint density at radius 3 is 2.24 bits per heavy atom. The fourth-order valence-corrected chi connectivity index (χ4v) is 5.52. The number of nitrogens with zero attached hydrogens (tertiary/aromatic N) is 1. The molecule has 4 atom stereocenters. The molecule has 178 valence electrons. The highest BCUT2D eigenvalue weighted by Crippen LogP contribution is 2.46. The molecule has 1 saturated heterocycles. The molecule has 2 heterocycles. The fourth-order valence-electron chi connectivity index (χ4n) is 4.20. The van der Waals surface area contributed by atoms with Gasteiger partial charge in [-0.25, -0.2) is 0 Å². The summed E-state index contributed by atoms with van der Waals surface area (Å²) in [5.74, 6) is -0.960. The second kappa shape index (κ2) is 9.80. The predicted octanol–water partition coefficient (Wildman–Crippen LogP) is 3.87. The third-order valence-electron chi connectivity index (χ3n) is 5.37. The van der Waals surface area contributed by atoms with Crippen LogP contribution in [0.3, 0.4) is 0 Å². The molecular formula is C25H25NO7S. The van der Waals surface area contributed by atoms with Crippen LogP contribution >= 0.6 is 11.8 Å². The van der Waals surface area contributed by atoms with Crippen LogP contribution in [0.15, 0.2) is 66.9 Å². The number of thioether (sulfide) groups is 1. The third-order valence-corrected chi connectivity index (χ3v) is 6.63. The van der Waals surface area contributed by atoms with Gasteiger partial charge in [0.1, 0.15) is 5.75 Å². The van der Waals surface area contributed by atoms with E-state index in [-0.39, 0.29) is 5.75 Å². The molecule has 0 aliphatic carbocycles. The van der Waals surface area contributed by atoms with Crippen molar-refractivity contribution in [2.75, 3.05) is 5.75 Å². The van der Waals surface area contributed by atoms with Crippen LogP contribution in [0.2, 0.25) is 0 Å². The van der Waals surface area contributed by atoms with Gasteiger partial charge in [-0.1, -0.05) is 36.4 Å². The van der Waals surface area contributed by atoms with Gasteiger partial charge in [-0.05, 0) is 29.7 Å². The van der Waals surface area contributed by atoms with Crippen LogP contribution in [0.5, 0.6) is 5.75 Å². The maximum absolute atomic E-state index is 12.6. The van der Waals surface area contributed by atoms with E-state index in [1.807, 2.05) is 48.5 Å². The maximum Gasteiger partial charge on any atom is 0.305 e. The molecule has 3 aromatic rings. The van der Waals surface area contributed by atoms with E-state index in [9.17, 15) is 14.4 Å². The first-order valence-corrected chi connectivity index (χ1v) is 11.8. The van der Waals surface area contributed by atoms with E-state index in [1.165, 1.54) is 32.5 Å². The lowest BCUT2D eigenvalue weighted by molar-refractivity contribution is -0.238. The Labute approximate surface area is 201 Å². The Balaban J connectivity index is 1.96. The molecule has 4 rings (SSSR count). The highest BCUT2D eigenvalue weighted by molar-refractivity contribution is 7.99. The van der Waals surface area contributed by atoms with Crippen molar-refractivity contribution in [3.05, 3.63) is 66.9 Å². The number of ether oxygens (including phenoxy) is 4. The quantitative estimate of drug-likeness (QED) is 0.385. The summed E-state index contributed by atoms with van der Waals surface area (Å²) in [6.07, 6.45) is -0.312. The first-order chi connectivity index (χ1) is 16.3. The van der Waals surface area contributed by atoms with Gasteiger partial charge in [-0.3, -0.25) is 14.4 Å². The van der Waals surface area contributed by atoms with E-state index >= 15 is 0 Å². The number of rotatable bonds is 6. The van der Waals surface area contributed by atoms with Crippen LogP contribution in [0, 0.1) is 0 Å². The summed E-state index contributed by atoms with van der Waals surface area (Å²) in [6, 6.07) is 18.5. The number of hydrogen-bond donors (Lipinski definition) is 0. The maximum atomic E-state index is 12.6. The van der Waals surface area contributed by atoms with Gasteiger partial charge in [-0.15, -0.1) is 11.8 Å². The summed E-state index contributed by atoms with van der Waals surface area (Å²) < 4.78 is 25.4. The van der Waals surface area contributed by atoms with Crippen molar-refractivity contribution < 1.29 is 33.3 Å². The Hall–Kier alpha value is -3.46. The van der Waals surface area contributed by atoms with E-state index in [0.717, 1.165) is 10.9 Å². The number of hydrogen-bond acceptors (Lipinski definition) is 8. The molecule has 1 aliphatic heterocycles. The highest BCUT2D eigenvalue weighted by atomic mass is 32.2. The SMILES string of the molecule is CC(=O)O[C@@H]1CS[C@@H](Oc2ccccc2)[C@@](OC(C)=O)(n2ccc3ccccc32)[C@H]1OC(C)=O. The molecule has 8 nitrogen and oxygen atoms in total. The van der Waals surface area contributed by atoms with Crippen LogP contribution < -0.4 is 4.74 Å². The summed E-state index contributed by atoms with van der Waals surface area (Å²) >= 11 is 1.31. The number of esters is 3. The molecule has 2 aromatic carbocycles. The van der Waals surface area contributed by atoms with Crippen LogP contribution in [0.4, 0.5) is 0 Å². The van der Waals surface area contributed by atoms with Crippen molar-refractivity contribution in [3.63, 3.8) is 0 Å². The highest BCUT2D eigenvalue weighted by Gasteiger charge is 2.62. The second-order valence-electron chi connectivity index (χ2n) is 7.86. The van der Waals surface area contributed by atoms with Crippen LogP contribution in [-0.2, 0) is 34.3 Å². The molecule has 0 amide bonds. The molecular weight excluding hydrogens is 458 g/mol. The second-order valence-corrected chi connectivity index (χ2v) is 8.96. The lowest BCUT2D eigenvalue weighted by Crippen LogP contribution is -2.65. The van der Waals surface area contributed by atoms with Gasteiger partial charge in [0.25, 0.3) is 5.72 Å². The van der Waals surface area contributed by atoms with Crippen molar-refractivity contribution in [2.45, 2.75) is 44.1 Å². The topological polar surface area (TPSA) is 93.1 Å². The molecule has 9 heteroatoms. The molecule has 0 unspecified atom stereocenters. The van der Waals surface area contributed by atoms with Crippen LogP contribution in [0.1, 0.15) is 20.8 Å². The minimum Gasteiger partial charge on any atom is -0.473 e. The van der Waals surface area contributed by atoms with Gasteiger partial charge in [-0.2, -0.15) is 0 Å². The molecule has 1 aromatic heterocycles. The van der Waals surface area contributed by atoms with Gasteiger partial charge in [0, 0.05) is 32.7 Å². The van der Waals surface area contributed by atoms with Gasteiger partial charge in [0.05, 0.1) is 5.52 Å². The van der Waals surface area contributed by atoms with Gasteiger partial charge in [0.2, 0.25) is 11.5 Å². The fraction of sp³-hybridized carbons (Fsp3) is 0.320. The average Bonchev–Trinajstić information content (AvgIpc) is 3.22. The number of carbonyl (C=O) groups is 3. The summed E-state index contributed by atoms with van der Waals surface area (Å²) in [5.41, 5.74) is -1.79. The minimum absolute atomic E-state index is 0.261. The summed E-state index contributed by atoms with van der Waals surface area (Å²) in [7, 11) is 0. The molecule has 0 saturated carbocycles. The van der Waals surface area contributed by atoms with Gasteiger partial charge >= 0.3 is 17.9 Å². The van der Waals surface area contributed by atoms with Crippen LogP contribution in [0.25, 0.3) is 10.9 Å². The zero-order valence-corrected chi connectivity index (χ0v) is 19.8. The first-order valence-electron chi connectivity index (χ1n) is 10.7. The smallest absolute Gasteiger partial charge is 0.305 e. The third kappa shape index (κ3) is 4.61. The van der Waals surface area contributed by atoms with Crippen molar-refractivity contribution in [1.29, 1.82) is 0 Å². The Morgan fingerprint density at radius 2 is 1.56 bits per heavy atom.